The number of epoxide rings is 1. The molecule has 0 aliphatic carbocycles. The molecule has 1 aliphatic heterocycles. The van der Waals surface area contributed by atoms with Gasteiger partial charge in [-0.05, 0) is 37.0 Å². The SMILES string of the molecule is CC(Cc1cccc(S(C)(=O)=O)c1)C1OC1C. The van der Waals surface area contributed by atoms with Crippen molar-refractivity contribution in [1.29, 1.82) is 0 Å². The zero-order valence-electron chi connectivity index (χ0n) is 10.4. The molecule has 1 aromatic carbocycles. The van der Waals surface area contributed by atoms with E-state index in [0.29, 0.717) is 23.0 Å². The number of benzene rings is 1. The van der Waals surface area contributed by atoms with Crippen molar-refractivity contribution in [2.75, 3.05) is 6.26 Å². The molecule has 1 saturated heterocycles. The second-order valence-corrected chi connectivity index (χ2v) is 6.92. The van der Waals surface area contributed by atoms with Crippen molar-refractivity contribution in [3.05, 3.63) is 29.8 Å². The average Bonchev–Trinajstić information content (AvgIpc) is 2.95. The van der Waals surface area contributed by atoms with Crippen molar-refractivity contribution in [1.82, 2.24) is 0 Å². The van der Waals surface area contributed by atoms with E-state index in [1.807, 2.05) is 6.07 Å². The highest BCUT2D eigenvalue weighted by Crippen LogP contribution is 2.31. The monoisotopic (exact) mass is 254 g/mol. The highest BCUT2D eigenvalue weighted by atomic mass is 32.2. The Hall–Kier alpha value is -0.870. The lowest BCUT2D eigenvalue weighted by Gasteiger charge is -2.09. The molecule has 0 saturated carbocycles. The summed E-state index contributed by atoms with van der Waals surface area (Å²) in [6, 6.07) is 7.17. The molecule has 17 heavy (non-hydrogen) atoms. The van der Waals surface area contributed by atoms with E-state index in [0.717, 1.165) is 12.0 Å². The molecule has 2 rings (SSSR count). The highest BCUT2D eigenvalue weighted by Gasteiger charge is 2.38. The fourth-order valence-electron chi connectivity index (χ4n) is 2.19. The maximum Gasteiger partial charge on any atom is 0.175 e. The minimum Gasteiger partial charge on any atom is -0.370 e. The van der Waals surface area contributed by atoms with Crippen LogP contribution in [0.3, 0.4) is 0 Å². The molecule has 3 unspecified atom stereocenters. The van der Waals surface area contributed by atoms with Gasteiger partial charge in [-0.1, -0.05) is 19.1 Å². The van der Waals surface area contributed by atoms with E-state index >= 15 is 0 Å². The Morgan fingerprint density at radius 3 is 2.59 bits per heavy atom. The third kappa shape index (κ3) is 3.07. The summed E-state index contributed by atoms with van der Waals surface area (Å²) in [4.78, 5) is 0.395. The summed E-state index contributed by atoms with van der Waals surface area (Å²) in [5, 5.41) is 0. The second-order valence-electron chi connectivity index (χ2n) is 4.91. The standard InChI is InChI=1S/C13H18O3S/c1-9(13-10(2)16-13)7-11-5-4-6-12(8-11)17(3,14)15/h4-6,8-10,13H,7H2,1-3H3. The Morgan fingerprint density at radius 2 is 2.06 bits per heavy atom. The van der Waals surface area contributed by atoms with Gasteiger partial charge in [-0.15, -0.1) is 0 Å². The van der Waals surface area contributed by atoms with Gasteiger partial charge in [-0.2, -0.15) is 0 Å². The normalized spacial score (nSPS) is 25.6. The maximum absolute atomic E-state index is 11.4. The van der Waals surface area contributed by atoms with Crippen LogP contribution in [0.1, 0.15) is 19.4 Å². The summed E-state index contributed by atoms with van der Waals surface area (Å²) in [5.74, 6) is 0.430. The van der Waals surface area contributed by atoms with Gasteiger partial charge in [0.2, 0.25) is 0 Å². The van der Waals surface area contributed by atoms with Gasteiger partial charge in [0.05, 0.1) is 17.1 Å². The van der Waals surface area contributed by atoms with Crippen LogP contribution in [-0.4, -0.2) is 26.9 Å². The van der Waals surface area contributed by atoms with Gasteiger partial charge >= 0.3 is 0 Å². The van der Waals surface area contributed by atoms with Crippen LogP contribution >= 0.6 is 0 Å². The molecular weight excluding hydrogens is 236 g/mol. The lowest BCUT2D eigenvalue weighted by atomic mass is 9.97. The highest BCUT2D eigenvalue weighted by molar-refractivity contribution is 7.90. The Bertz CT molecular complexity index is 507. The van der Waals surface area contributed by atoms with E-state index in [1.54, 1.807) is 18.2 Å². The van der Waals surface area contributed by atoms with E-state index in [4.69, 9.17) is 4.74 Å². The van der Waals surface area contributed by atoms with Gasteiger partial charge in [0.15, 0.2) is 9.84 Å². The maximum atomic E-state index is 11.4. The summed E-state index contributed by atoms with van der Waals surface area (Å²) in [5.41, 5.74) is 1.06. The van der Waals surface area contributed by atoms with Crippen LogP contribution in [0.25, 0.3) is 0 Å². The lowest BCUT2D eigenvalue weighted by molar-refractivity contribution is 0.328. The average molecular weight is 254 g/mol. The summed E-state index contributed by atoms with van der Waals surface area (Å²) in [6.07, 6.45) is 2.78. The quantitative estimate of drug-likeness (QED) is 0.773. The number of sulfone groups is 1. The molecule has 0 bridgehead atoms. The molecule has 0 radical (unpaired) electrons. The van der Waals surface area contributed by atoms with Crippen molar-refractivity contribution in [3.63, 3.8) is 0 Å². The molecule has 0 amide bonds. The van der Waals surface area contributed by atoms with Crippen LogP contribution in [0, 0.1) is 5.92 Å². The van der Waals surface area contributed by atoms with Crippen molar-refractivity contribution < 1.29 is 13.2 Å². The fourth-order valence-corrected chi connectivity index (χ4v) is 2.88. The number of ether oxygens (including phenoxy) is 1. The van der Waals surface area contributed by atoms with E-state index in [-0.39, 0.29) is 0 Å². The molecule has 4 heteroatoms. The molecule has 0 aromatic heterocycles. The first-order chi connectivity index (χ1) is 7.88. The van der Waals surface area contributed by atoms with Crippen LogP contribution in [0.2, 0.25) is 0 Å². The first-order valence-electron chi connectivity index (χ1n) is 5.82. The molecule has 1 heterocycles. The molecule has 1 aromatic rings. The smallest absolute Gasteiger partial charge is 0.175 e. The lowest BCUT2D eigenvalue weighted by Crippen LogP contribution is -2.09. The largest absolute Gasteiger partial charge is 0.370 e. The Labute approximate surface area is 103 Å². The molecule has 1 aliphatic rings. The predicted molar refractivity (Wildman–Crippen MR) is 66.8 cm³/mol. The number of hydrogen-bond donors (Lipinski definition) is 0. The summed E-state index contributed by atoms with van der Waals surface area (Å²) in [6.45, 7) is 4.20. The van der Waals surface area contributed by atoms with Gasteiger partial charge in [0, 0.05) is 6.26 Å². The molecule has 0 spiro atoms. The van der Waals surface area contributed by atoms with Crippen LogP contribution in [0.15, 0.2) is 29.2 Å². The van der Waals surface area contributed by atoms with Gasteiger partial charge in [-0.25, -0.2) is 8.42 Å². The minimum atomic E-state index is -3.11. The molecule has 1 fully saturated rings. The van der Waals surface area contributed by atoms with Gasteiger partial charge < -0.3 is 4.74 Å². The van der Waals surface area contributed by atoms with Crippen LogP contribution in [0.4, 0.5) is 0 Å². The van der Waals surface area contributed by atoms with E-state index < -0.39 is 9.84 Å². The number of rotatable bonds is 4. The Morgan fingerprint density at radius 1 is 1.41 bits per heavy atom. The topological polar surface area (TPSA) is 46.7 Å². The van der Waals surface area contributed by atoms with Gasteiger partial charge in [-0.3, -0.25) is 0 Å². The zero-order valence-corrected chi connectivity index (χ0v) is 11.2. The van der Waals surface area contributed by atoms with Crippen molar-refractivity contribution >= 4 is 9.84 Å². The Kier molecular flexibility index (Phi) is 3.27. The molecule has 3 nitrogen and oxygen atoms in total. The minimum absolute atomic E-state index is 0.330. The number of hydrogen-bond acceptors (Lipinski definition) is 3. The molecule has 3 atom stereocenters. The second kappa shape index (κ2) is 4.42. The summed E-state index contributed by atoms with van der Waals surface area (Å²) in [7, 11) is -3.11. The zero-order chi connectivity index (χ0) is 12.6. The Balaban J connectivity index is 2.11. The van der Waals surface area contributed by atoms with Gasteiger partial charge in [0.1, 0.15) is 0 Å². The predicted octanol–water partition coefficient (Wildman–Crippen LogP) is 2.06. The van der Waals surface area contributed by atoms with E-state index in [2.05, 4.69) is 13.8 Å². The van der Waals surface area contributed by atoms with Crippen molar-refractivity contribution in [3.8, 4) is 0 Å². The van der Waals surface area contributed by atoms with E-state index in [1.165, 1.54) is 6.26 Å². The summed E-state index contributed by atoms with van der Waals surface area (Å²) < 4.78 is 28.3. The van der Waals surface area contributed by atoms with Gasteiger partial charge in [0.25, 0.3) is 0 Å². The third-order valence-corrected chi connectivity index (χ3v) is 4.31. The summed E-state index contributed by atoms with van der Waals surface area (Å²) >= 11 is 0. The third-order valence-electron chi connectivity index (χ3n) is 3.20. The van der Waals surface area contributed by atoms with Crippen molar-refractivity contribution in [2.45, 2.75) is 37.4 Å². The van der Waals surface area contributed by atoms with E-state index in [9.17, 15) is 8.42 Å². The fraction of sp³-hybridized carbons (Fsp3) is 0.538. The molecule has 94 valence electrons. The molecule has 0 N–H and O–H groups in total. The van der Waals surface area contributed by atoms with Crippen LogP contribution in [0.5, 0.6) is 0 Å². The first-order valence-corrected chi connectivity index (χ1v) is 7.71. The van der Waals surface area contributed by atoms with Crippen LogP contribution < -0.4 is 0 Å². The first kappa shape index (κ1) is 12.6. The van der Waals surface area contributed by atoms with Crippen LogP contribution in [-0.2, 0) is 21.0 Å². The molecular formula is C13H18O3S. The van der Waals surface area contributed by atoms with Crippen molar-refractivity contribution in [2.24, 2.45) is 5.92 Å².